The van der Waals surface area contributed by atoms with Crippen LogP contribution in [-0.2, 0) is 11.3 Å². The molecule has 0 aliphatic rings. The quantitative estimate of drug-likeness (QED) is 0.673. The summed E-state index contributed by atoms with van der Waals surface area (Å²) in [4.78, 5) is 14.0. The van der Waals surface area contributed by atoms with Gasteiger partial charge in [-0.25, -0.2) is 4.79 Å². The molecule has 23 heavy (non-hydrogen) atoms. The van der Waals surface area contributed by atoms with Gasteiger partial charge < -0.3 is 18.6 Å². The van der Waals surface area contributed by atoms with Gasteiger partial charge in [-0.3, -0.25) is 0 Å². The molecule has 0 bridgehead atoms. The van der Waals surface area contributed by atoms with Crippen LogP contribution in [0.15, 0.2) is 57.7 Å². The summed E-state index contributed by atoms with van der Waals surface area (Å²) in [6, 6.07) is 12.4. The Bertz CT molecular complexity index is 791. The number of esters is 1. The molecule has 0 aliphatic carbocycles. The SMILES string of the molecule is CN(C)c1cccc(C(=O)OCc2cc(-c3ccco3)on2)c1. The molecule has 3 rings (SSSR count). The second kappa shape index (κ2) is 6.39. The van der Waals surface area contributed by atoms with Crippen molar-refractivity contribution in [1.29, 1.82) is 0 Å². The normalized spacial score (nSPS) is 10.5. The van der Waals surface area contributed by atoms with Gasteiger partial charge in [0.1, 0.15) is 12.3 Å². The maximum Gasteiger partial charge on any atom is 0.338 e. The highest BCUT2D eigenvalue weighted by atomic mass is 16.5. The fourth-order valence-corrected chi connectivity index (χ4v) is 2.05. The summed E-state index contributed by atoms with van der Waals surface area (Å²) in [5.74, 6) is 0.667. The van der Waals surface area contributed by atoms with E-state index in [1.807, 2.05) is 31.1 Å². The third-order valence-corrected chi connectivity index (χ3v) is 3.27. The topological polar surface area (TPSA) is 68.7 Å². The van der Waals surface area contributed by atoms with E-state index >= 15 is 0 Å². The fourth-order valence-electron chi connectivity index (χ4n) is 2.05. The number of benzene rings is 1. The average Bonchev–Trinajstić information content (AvgIpc) is 3.23. The van der Waals surface area contributed by atoms with Crippen molar-refractivity contribution in [3.05, 3.63) is 60.0 Å². The number of carbonyl (C=O) groups excluding carboxylic acids is 1. The maximum atomic E-state index is 12.1. The molecule has 0 unspecified atom stereocenters. The Balaban J connectivity index is 1.64. The minimum absolute atomic E-state index is 0.0369. The highest BCUT2D eigenvalue weighted by molar-refractivity contribution is 5.90. The maximum absolute atomic E-state index is 12.1. The second-order valence-electron chi connectivity index (χ2n) is 5.18. The molecule has 0 aliphatic heterocycles. The van der Waals surface area contributed by atoms with Gasteiger partial charge in [-0.15, -0.1) is 0 Å². The zero-order chi connectivity index (χ0) is 16.2. The number of hydrogen-bond acceptors (Lipinski definition) is 6. The predicted molar refractivity (Wildman–Crippen MR) is 84.1 cm³/mol. The van der Waals surface area contributed by atoms with Crippen molar-refractivity contribution in [2.75, 3.05) is 19.0 Å². The van der Waals surface area contributed by atoms with Crippen molar-refractivity contribution < 1.29 is 18.5 Å². The lowest BCUT2D eigenvalue weighted by Gasteiger charge is -2.13. The monoisotopic (exact) mass is 312 g/mol. The van der Waals surface area contributed by atoms with Crippen LogP contribution in [0.5, 0.6) is 0 Å². The van der Waals surface area contributed by atoms with Crippen molar-refractivity contribution in [1.82, 2.24) is 5.16 Å². The molecule has 6 nitrogen and oxygen atoms in total. The van der Waals surface area contributed by atoms with Crippen molar-refractivity contribution in [3.8, 4) is 11.5 Å². The van der Waals surface area contributed by atoms with Gasteiger partial charge in [0.15, 0.2) is 5.76 Å². The summed E-state index contributed by atoms with van der Waals surface area (Å²) >= 11 is 0. The Morgan fingerprint density at radius 1 is 1.17 bits per heavy atom. The van der Waals surface area contributed by atoms with Crippen molar-refractivity contribution in [2.45, 2.75) is 6.61 Å². The van der Waals surface area contributed by atoms with Gasteiger partial charge in [0.2, 0.25) is 5.76 Å². The number of carbonyl (C=O) groups is 1. The van der Waals surface area contributed by atoms with Crippen molar-refractivity contribution >= 4 is 11.7 Å². The van der Waals surface area contributed by atoms with Crippen LogP contribution < -0.4 is 4.90 Å². The van der Waals surface area contributed by atoms with Gasteiger partial charge in [-0.1, -0.05) is 11.2 Å². The number of hydrogen-bond donors (Lipinski definition) is 0. The van der Waals surface area contributed by atoms with Gasteiger partial charge in [-0.05, 0) is 30.3 Å². The second-order valence-corrected chi connectivity index (χ2v) is 5.18. The summed E-state index contributed by atoms with van der Waals surface area (Å²) < 4.78 is 15.6. The Morgan fingerprint density at radius 3 is 2.78 bits per heavy atom. The first-order chi connectivity index (χ1) is 11.1. The molecule has 2 aromatic heterocycles. The molecule has 0 atom stereocenters. The first-order valence-corrected chi connectivity index (χ1v) is 7.07. The van der Waals surface area contributed by atoms with E-state index in [9.17, 15) is 4.79 Å². The van der Waals surface area contributed by atoms with Gasteiger partial charge in [0.05, 0.1) is 11.8 Å². The van der Waals surface area contributed by atoms with E-state index < -0.39 is 5.97 Å². The smallest absolute Gasteiger partial charge is 0.338 e. The number of rotatable bonds is 5. The molecular formula is C17H16N2O4. The molecule has 0 fully saturated rings. The van der Waals surface area contributed by atoms with E-state index in [1.54, 1.807) is 36.6 Å². The Hall–Kier alpha value is -3.02. The summed E-state index contributed by atoms with van der Waals surface area (Å²) in [5, 5.41) is 3.86. The van der Waals surface area contributed by atoms with Crippen LogP contribution in [0.1, 0.15) is 16.1 Å². The molecule has 0 saturated heterocycles. The summed E-state index contributed by atoms with van der Waals surface area (Å²) in [6.07, 6.45) is 1.55. The third-order valence-electron chi connectivity index (χ3n) is 3.27. The molecule has 0 saturated carbocycles. The van der Waals surface area contributed by atoms with E-state index in [0.717, 1.165) is 5.69 Å². The van der Waals surface area contributed by atoms with Crippen molar-refractivity contribution in [2.24, 2.45) is 0 Å². The Morgan fingerprint density at radius 2 is 2.04 bits per heavy atom. The van der Waals surface area contributed by atoms with Crippen LogP contribution >= 0.6 is 0 Å². The fraction of sp³-hybridized carbons (Fsp3) is 0.176. The van der Waals surface area contributed by atoms with Gasteiger partial charge in [-0.2, -0.15) is 0 Å². The van der Waals surface area contributed by atoms with Gasteiger partial charge in [0, 0.05) is 25.8 Å². The summed E-state index contributed by atoms with van der Waals surface area (Å²) in [7, 11) is 3.83. The number of furan rings is 1. The van der Waals surface area contributed by atoms with Crippen LogP contribution in [0, 0.1) is 0 Å². The lowest BCUT2D eigenvalue weighted by atomic mass is 10.2. The number of nitrogens with zero attached hydrogens (tertiary/aromatic N) is 2. The molecule has 118 valence electrons. The summed E-state index contributed by atoms with van der Waals surface area (Å²) in [5.41, 5.74) is 1.94. The highest BCUT2D eigenvalue weighted by Gasteiger charge is 2.13. The molecule has 3 aromatic rings. The molecule has 0 N–H and O–H groups in total. The number of aromatic nitrogens is 1. The third kappa shape index (κ3) is 3.42. The van der Waals surface area contributed by atoms with Crippen LogP contribution in [0.3, 0.4) is 0 Å². The van der Waals surface area contributed by atoms with E-state index in [1.165, 1.54) is 0 Å². The zero-order valence-electron chi connectivity index (χ0n) is 12.9. The molecular weight excluding hydrogens is 296 g/mol. The van der Waals surface area contributed by atoms with E-state index in [0.29, 0.717) is 22.8 Å². The lowest BCUT2D eigenvalue weighted by Crippen LogP contribution is -2.11. The molecule has 0 spiro atoms. The largest absolute Gasteiger partial charge is 0.461 e. The van der Waals surface area contributed by atoms with Gasteiger partial charge >= 0.3 is 5.97 Å². The Kier molecular flexibility index (Phi) is 4.14. The van der Waals surface area contributed by atoms with Crippen LogP contribution in [0.4, 0.5) is 5.69 Å². The zero-order valence-corrected chi connectivity index (χ0v) is 12.9. The number of anilines is 1. The molecule has 0 radical (unpaired) electrons. The van der Waals surface area contributed by atoms with Crippen LogP contribution in [0.2, 0.25) is 0 Å². The lowest BCUT2D eigenvalue weighted by molar-refractivity contribution is 0.0464. The molecule has 6 heteroatoms. The molecule has 0 amide bonds. The van der Waals surface area contributed by atoms with E-state index in [4.69, 9.17) is 13.7 Å². The molecule has 2 heterocycles. The predicted octanol–water partition coefficient (Wildman–Crippen LogP) is 3.36. The van der Waals surface area contributed by atoms with E-state index in [-0.39, 0.29) is 6.61 Å². The average molecular weight is 312 g/mol. The minimum Gasteiger partial charge on any atom is -0.461 e. The number of ether oxygens (including phenoxy) is 1. The molecule has 1 aromatic carbocycles. The van der Waals surface area contributed by atoms with E-state index in [2.05, 4.69) is 5.16 Å². The first kappa shape index (κ1) is 14.9. The van der Waals surface area contributed by atoms with Crippen molar-refractivity contribution in [3.63, 3.8) is 0 Å². The summed E-state index contributed by atoms with van der Waals surface area (Å²) in [6.45, 7) is 0.0369. The standard InChI is InChI=1S/C17H16N2O4/c1-19(2)14-6-3-5-12(9-14)17(20)22-11-13-10-16(23-18-13)15-7-4-8-21-15/h3-10H,11H2,1-2H3. The first-order valence-electron chi connectivity index (χ1n) is 7.07. The van der Waals surface area contributed by atoms with Crippen LogP contribution in [0.25, 0.3) is 11.5 Å². The highest BCUT2D eigenvalue weighted by Crippen LogP contribution is 2.21. The minimum atomic E-state index is -0.406. The Labute approximate surface area is 133 Å². The van der Waals surface area contributed by atoms with Crippen LogP contribution in [-0.4, -0.2) is 25.2 Å². The van der Waals surface area contributed by atoms with Gasteiger partial charge in [0.25, 0.3) is 0 Å².